The van der Waals surface area contributed by atoms with E-state index < -0.39 is 6.10 Å². The van der Waals surface area contributed by atoms with Crippen LogP contribution < -0.4 is 0 Å². The van der Waals surface area contributed by atoms with Gasteiger partial charge in [-0.3, -0.25) is 0 Å². The van der Waals surface area contributed by atoms with Crippen molar-refractivity contribution in [1.29, 1.82) is 0 Å². The number of rotatable bonds is 12. The van der Waals surface area contributed by atoms with Crippen molar-refractivity contribution < 1.29 is 14.6 Å². The molecular formula is C11H24O3S4. The highest BCUT2D eigenvalue weighted by Crippen LogP contribution is 2.16. The largest absolute Gasteiger partial charge is 0.388 e. The lowest BCUT2D eigenvalue weighted by molar-refractivity contribution is -0.107. The third-order valence-corrected chi connectivity index (χ3v) is 3.32. The molecule has 0 spiro atoms. The van der Waals surface area contributed by atoms with Crippen LogP contribution in [0.15, 0.2) is 0 Å². The Bertz CT molecular complexity index is 168. The Kier molecular flexibility index (Phi) is 14.2. The predicted molar refractivity (Wildman–Crippen MR) is 90.1 cm³/mol. The summed E-state index contributed by atoms with van der Waals surface area (Å²) in [5.74, 6) is 2.58. The lowest BCUT2D eigenvalue weighted by atomic mass is 10.0. The van der Waals surface area contributed by atoms with E-state index in [0.717, 1.165) is 0 Å². The quantitative estimate of drug-likeness (QED) is 0.353. The van der Waals surface area contributed by atoms with Crippen molar-refractivity contribution in [2.75, 3.05) is 36.2 Å². The van der Waals surface area contributed by atoms with E-state index in [2.05, 4.69) is 50.5 Å². The van der Waals surface area contributed by atoms with Gasteiger partial charge in [0.05, 0.1) is 25.4 Å². The summed E-state index contributed by atoms with van der Waals surface area (Å²) in [7, 11) is 0. The van der Waals surface area contributed by atoms with Gasteiger partial charge in [-0.2, -0.15) is 50.5 Å². The first kappa shape index (κ1) is 19.3. The second-order valence-electron chi connectivity index (χ2n) is 3.78. The molecule has 0 saturated heterocycles. The zero-order valence-corrected chi connectivity index (χ0v) is 14.0. The molecule has 0 fully saturated rings. The molecule has 18 heavy (non-hydrogen) atoms. The van der Waals surface area contributed by atoms with Gasteiger partial charge in [-0.25, -0.2) is 0 Å². The van der Waals surface area contributed by atoms with E-state index in [1.165, 1.54) is 0 Å². The van der Waals surface area contributed by atoms with Gasteiger partial charge in [-0.05, 0) is 24.3 Å². The maximum absolute atomic E-state index is 10.3. The minimum Gasteiger partial charge on any atom is -0.388 e. The molecule has 0 rings (SSSR count). The molecule has 0 aliphatic rings. The molecule has 0 aliphatic heterocycles. The molecule has 110 valence electrons. The van der Waals surface area contributed by atoms with Crippen LogP contribution in [0.5, 0.6) is 0 Å². The van der Waals surface area contributed by atoms with Gasteiger partial charge in [0.15, 0.2) is 0 Å². The Morgan fingerprint density at radius 1 is 0.722 bits per heavy atom. The van der Waals surface area contributed by atoms with E-state index in [1.54, 1.807) is 0 Å². The third kappa shape index (κ3) is 8.45. The first-order chi connectivity index (χ1) is 8.71. The summed E-state index contributed by atoms with van der Waals surface area (Å²) >= 11 is 16.6. The molecule has 1 N–H and O–H groups in total. The molecule has 0 bridgehead atoms. The summed E-state index contributed by atoms with van der Waals surface area (Å²) < 4.78 is 11.2. The van der Waals surface area contributed by atoms with E-state index in [9.17, 15) is 5.11 Å². The first-order valence-electron chi connectivity index (χ1n) is 6.06. The van der Waals surface area contributed by atoms with Crippen LogP contribution in [-0.4, -0.2) is 59.6 Å². The molecular weight excluding hydrogens is 308 g/mol. The molecule has 0 aromatic heterocycles. The van der Waals surface area contributed by atoms with Gasteiger partial charge in [0.25, 0.3) is 0 Å². The summed E-state index contributed by atoms with van der Waals surface area (Å²) in [4.78, 5) is 0. The van der Waals surface area contributed by atoms with Crippen LogP contribution in [0.4, 0.5) is 0 Å². The second-order valence-corrected chi connectivity index (χ2v) is 5.57. The molecule has 0 aliphatic carbocycles. The predicted octanol–water partition coefficient (Wildman–Crippen LogP) is 1.62. The number of thiol groups is 4. The Labute approximate surface area is 132 Å². The van der Waals surface area contributed by atoms with Crippen molar-refractivity contribution in [3.63, 3.8) is 0 Å². The summed E-state index contributed by atoms with van der Waals surface area (Å²) in [5.41, 5.74) is 0. The zero-order valence-electron chi connectivity index (χ0n) is 10.4. The number of ether oxygens (including phenoxy) is 2. The van der Waals surface area contributed by atoms with Crippen molar-refractivity contribution in [2.45, 2.75) is 31.2 Å². The van der Waals surface area contributed by atoms with Gasteiger partial charge in [0, 0.05) is 11.5 Å². The molecule has 0 aromatic carbocycles. The Hall–Kier alpha value is 1.28. The zero-order chi connectivity index (χ0) is 13.8. The molecule has 2 unspecified atom stereocenters. The van der Waals surface area contributed by atoms with Crippen molar-refractivity contribution in [2.24, 2.45) is 0 Å². The molecule has 3 nitrogen and oxygen atoms in total. The average molecular weight is 333 g/mol. The molecule has 0 saturated carbocycles. The number of hydrogen-bond acceptors (Lipinski definition) is 7. The van der Waals surface area contributed by atoms with Crippen molar-refractivity contribution >= 4 is 50.5 Å². The van der Waals surface area contributed by atoms with E-state index in [1.807, 2.05) is 0 Å². The Morgan fingerprint density at radius 3 is 1.39 bits per heavy atom. The molecule has 7 heteroatoms. The number of aliphatic hydroxyl groups is 1. The summed E-state index contributed by atoms with van der Waals surface area (Å²) in [6.45, 7) is 1.03. The monoisotopic (exact) mass is 332 g/mol. The normalized spacial score (nSPS) is 16.5. The topological polar surface area (TPSA) is 38.7 Å². The van der Waals surface area contributed by atoms with E-state index in [-0.39, 0.29) is 12.2 Å². The molecule has 0 aromatic rings. The third-order valence-electron chi connectivity index (χ3n) is 2.44. The minimum absolute atomic E-state index is 0.264. The average Bonchev–Trinajstić information content (AvgIpc) is 2.38. The second kappa shape index (κ2) is 13.3. The van der Waals surface area contributed by atoms with Gasteiger partial charge in [-0.15, -0.1) is 0 Å². The van der Waals surface area contributed by atoms with Gasteiger partial charge in [0.1, 0.15) is 6.10 Å². The fourth-order valence-electron chi connectivity index (χ4n) is 1.61. The smallest absolute Gasteiger partial charge is 0.106 e. The molecule has 0 amide bonds. The number of aliphatic hydroxyl groups excluding tert-OH is 1. The summed E-state index contributed by atoms with van der Waals surface area (Å²) in [6.07, 6.45) is 0.180. The maximum atomic E-state index is 10.3. The first-order valence-corrected chi connectivity index (χ1v) is 8.58. The molecule has 2 atom stereocenters. The SMILES string of the molecule is OC(C(CCS)OCCS)C(CCS)OCCS. The Balaban J connectivity index is 4.38. The summed E-state index contributed by atoms with van der Waals surface area (Å²) in [5, 5.41) is 10.3. The maximum Gasteiger partial charge on any atom is 0.106 e. The van der Waals surface area contributed by atoms with Gasteiger partial charge in [-0.1, -0.05) is 0 Å². The Morgan fingerprint density at radius 2 is 1.11 bits per heavy atom. The van der Waals surface area contributed by atoms with Crippen LogP contribution >= 0.6 is 50.5 Å². The minimum atomic E-state index is -0.663. The molecule has 0 heterocycles. The van der Waals surface area contributed by atoms with Crippen LogP contribution in [0.3, 0.4) is 0 Å². The fraction of sp³-hybridized carbons (Fsp3) is 1.00. The highest BCUT2D eigenvalue weighted by Gasteiger charge is 2.28. The van der Waals surface area contributed by atoms with E-state index in [0.29, 0.717) is 49.1 Å². The van der Waals surface area contributed by atoms with Crippen LogP contribution in [0.2, 0.25) is 0 Å². The van der Waals surface area contributed by atoms with Crippen molar-refractivity contribution in [1.82, 2.24) is 0 Å². The van der Waals surface area contributed by atoms with Crippen LogP contribution in [-0.2, 0) is 9.47 Å². The lowest BCUT2D eigenvalue weighted by Crippen LogP contribution is -2.42. The lowest BCUT2D eigenvalue weighted by Gasteiger charge is -2.29. The van der Waals surface area contributed by atoms with Gasteiger partial charge >= 0.3 is 0 Å². The van der Waals surface area contributed by atoms with Gasteiger partial charge in [0.2, 0.25) is 0 Å². The molecule has 0 radical (unpaired) electrons. The highest BCUT2D eigenvalue weighted by atomic mass is 32.1. The van der Waals surface area contributed by atoms with E-state index >= 15 is 0 Å². The highest BCUT2D eigenvalue weighted by molar-refractivity contribution is 7.80. The van der Waals surface area contributed by atoms with Crippen LogP contribution in [0, 0.1) is 0 Å². The standard InChI is InChI=1S/C11H24O3S4/c12-11(9(1-5-15)13-3-7-17)10(2-6-16)14-4-8-18/h9-12,15-18H,1-8H2. The number of hydrogen-bond donors (Lipinski definition) is 5. The van der Waals surface area contributed by atoms with Crippen molar-refractivity contribution in [3.8, 4) is 0 Å². The van der Waals surface area contributed by atoms with Crippen LogP contribution in [0.25, 0.3) is 0 Å². The van der Waals surface area contributed by atoms with Gasteiger partial charge < -0.3 is 14.6 Å². The summed E-state index contributed by atoms with van der Waals surface area (Å²) in [6, 6.07) is 0. The van der Waals surface area contributed by atoms with Crippen molar-refractivity contribution in [3.05, 3.63) is 0 Å². The van der Waals surface area contributed by atoms with Crippen LogP contribution in [0.1, 0.15) is 12.8 Å². The van der Waals surface area contributed by atoms with E-state index in [4.69, 9.17) is 9.47 Å². The fourth-order valence-corrected chi connectivity index (χ4v) is 2.33.